The van der Waals surface area contributed by atoms with Crippen LogP contribution >= 0.6 is 0 Å². The Bertz CT molecular complexity index is 330. The minimum absolute atomic E-state index is 0.457. The van der Waals surface area contributed by atoms with Crippen LogP contribution in [0, 0.1) is 5.92 Å². The summed E-state index contributed by atoms with van der Waals surface area (Å²) in [5, 5.41) is 8.14. The Labute approximate surface area is 106 Å². The lowest BCUT2D eigenvalue weighted by atomic mass is 9.94. The highest BCUT2D eigenvalue weighted by molar-refractivity contribution is 5.21. The monoisotopic (exact) mass is 237 g/mol. The molecule has 1 aromatic rings. The predicted octanol–water partition coefficient (Wildman–Crippen LogP) is 3.07. The zero-order valence-corrected chi connectivity index (χ0v) is 12.0. The summed E-state index contributed by atoms with van der Waals surface area (Å²) in [6, 6.07) is 0.457. The standard InChI is InChI=1S/C14H27N3/c1-6-11(4)9-14(15-8-3)12-10-17(5)16-13(12)7-2/h10-11,14-15H,6-9H2,1-5H3. The molecule has 1 aromatic heterocycles. The summed E-state index contributed by atoms with van der Waals surface area (Å²) in [7, 11) is 2.01. The average Bonchev–Trinajstić information content (AvgIpc) is 2.69. The molecule has 3 heteroatoms. The molecule has 0 spiro atoms. The Morgan fingerprint density at radius 2 is 2.06 bits per heavy atom. The number of nitrogens with zero attached hydrogens (tertiary/aromatic N) is 2. The minimum atomic E-state index is 0.457. The van der Waals surface area contributed by atoms with Gasteiger partial charge in [-0.1, -0.05) is 34.1 Å². The number of nitrogens with one attached hydrogen (secondary N) is 1. The van der Waals surface area contributed by atoms with E-state index in [1.54, 1.807) is 0 Å². The van der Waals surface area contributed by atoms with Crippen molar-refractivity contribution >= 4 is 0 Å². The Balaban J connectivity index is 2.87. The van der Waals surface area contributed by atoms with Crippen molar-refractivity contribution < 1.29 is 0 Å². The first-order valence-electron chi connectivity index (χ1n) is 6.88. The van der Waals surface area contributed by atoms with E-state index in [9.17, 15) is 0 Å². The molecule has 0 aliphatic rings. The van der Waals surface area contributed by atoms with Gasteiger partial charge in [0.2, 0.25) is 0 Å². The van der Waals surface area contributed by atoms with Gasteiger partial charge in [0.25, 0.3) is 0 Å². The van der Waals surface area contributed by atoms with Crippen molar-refractivity contribution in [2.75, 3.05) is 6.54 Å². The summed E-state index contributed by atoms with van der Waals surface area (Å²) in [5.41, 5.74) is 2.62. The fourth-order valence-electron chi connectivity index (χ4n) is 2.25. The van der Waals surface area contributed by atoms with Crippen molar-refractivity contribution in [3.8, 4) is 0 Å². The number of aryl methyl sites for hydroxylation is 2. The van der Waals surface area contributed by atoms with Gasteiger partial charge in [-0.2, -0.15) is 5.10 Å². The molecule has 0 radical (unpaired) electrons. The van der Waals surface area contributed by atoms with Crippen molar-refractivity contribution in [3.05, 3.63) is 17.5 Å². The van der Waals surface area contributed by atoms with Gasteiger partial charge in [-0.25, -0.2) is 0 Å². The Morgan fingerprint density at radius 3 is 2.59 bits per heavy atom. The number of hydrogen-bond acceptors (Lipinski definition) is 2. The van der Waals surface area contributed by atoms with Gasteiger partial charge in [0, 0.05) is 24.8 Å². The largest absolute Gasteiger partial charge is 0.310 e. The molecule has 2 unspecified atom stereocenters. The van der Waals surface area contributed by atoms with Crippen LogP contribution in [-0.4, -0.2) is 16.3 Å². The fourth-order valence-corrected chi connectivity index (χ4v) is 2.25. The van der Waals surface area contributed by atoms with Gasteiger partial charge >= 0.3 is 0 Å². The normalized spacial score (nSPS) is 14.9. The van der Waals surface area contributed by atoms with E-state index in [1.807, 2.05) is 11.7 Å². The van der Waals surface area contributed by atoms with Crippen molar-refractivity contribution in [2.24, 2.45) is 13.0 Å². The number of aromatic nitrogens is 2. The van der Waals surface area contributed by atoms with Gasteiger partial charge in [0.1, 0.15) is 0 Å². The van der Waals surface area contributed by atoms with Crippen LogP contribution in [0.5, 0.6) is 0 Å². The van der Waals surface area contributed by atoms with E-state index in [0.29, 0.717) is 6.04 Å². The Morgan fingerprint density at radius 1 is 1.35 bits per heavy atom. The molecule has 0 fully saturated rings. The third-order valence-electron chi connectivity index (χ3n) is 3.43. The molecule has 17 heavy (non-hydrogen) atoms. The molecular weight excluding hydrogens is 210 g/mol. The number of rotatable bonds is 7. The molecule has 0 amide bonds. The first kappa shape index (κ1) is 14.2. The third kappa shape index (κ3) is 3.84. The van der Waals surface area contributed by atoms with Crippen LogP contribution < -0.4 is 5.32 Å². The van der Waals surface area contributed by atoms with Gasteiger partial charge < -0.3 is 5.32 Å². The van der Waals surface area contributed by atoms with Crippen LogP contribution in [0.4, 0.5) is 0 Å². The topological polar surface area (TPSA) is 29.9 Å². The average molecular weight is 237 g/mol. The van der Waals surface area contributed by atoms with E-state index < -0.39 is 0 Å². The SMILES string of the molecule is CCNC(CC(C)CC)c1cn(C)nc1CC. The van der Waals surface area contributed by atoms with Crippen molar-refractivity contribution in [3.63, 3.8) is 0 Å². The van der Waals surface area contributed by atoms with Crippen LogP contribution in [0.2, 0.25) is 0 Å². The molecular formula is C14H27N3. The van der Waals surface area contributed by atoms with E-state index in [-0.39, 0.29) is 0 Å². The second kappa shape index (κ2) is 6.80. The van der Waals surface area contributed by atoms with Crippen LogP contribution in [-0.2, 0) is 13.5 Å². The van der Waals surface area contributed by atoms with Crippen LogP contribution in [0.15, 0.2) is 6.20 Å². The summed E-state index contributed by atoms with van der Waals surface area (Å²) in [4.78, 5) is 0. The second-order valence-electron chi connectivity index (χ2n) is 4.92. The highest BCUT2D eigenvalue weighted by Gasteiger charge is 2.18. The van der Waals surface area contributed by atoms with Gasteiger partial charge in [-0.3, -0.25) is 4.68 Å². The van der Waals surface area contributed by atoms with E-state index in [4.69, 9.17) is 0 Å². The molecule has 0 aromatic carbocycles. The molecule has 0 saturated heterocycles. The van der Waals surface area contributed by atoms with E-state index in [1.165, 1.54) is 24.1 Å². The Kier molecular flexibility index (Phi) is 5.69. The first-order chi connectivity index (χ1) is 8.12. The maximum atomic E-state index is 4.54. The fraction of sp³-hybridized carbons (Fsp3) is 0.786. The quantitative estimate of drug-likeness (QED) is 0.790. The smallest absolute Gasteiger partial charge is 0.0669 e. The summed E-state index contributed by atoms with van der Waals surface area (Å²) < 4.78 is 1.94. The highest BCUT2D eigenvalue weighted by atomic mass is 15.3. The summed E-state index contributed by atoms with van der Waals surface area (Å²) in [5.74, 6) is 0.754. The summed E-state index contributed by atoms with van der Waals surface area (Å²) in [6.07, 6.45) is 5.62. The molecule has 0 aliphatic carbocycles. The van der Waals surface area contributed by atoms with Crippen LogP contribution in [0.25, 0.3) is 0 Å². The lowest BCUT2D eigenvalue weighted by molar-refractivity contribution is 0.407. The molecule has 1 rings (SSSR count). The van der Waals surface area contributed by atoms with Crippen molar-refractivity contribution in [2.45, 2.75) is 53.0 Å². The minimum Gasteiger partial charge on any atom is -0.310 e. The molecule has 0 bridgehead atoms. The van der Waals surface area contributed by atoms with Gasteiger partial charge in [0.05, 0.1) is 5.69 Å². The lowest BCUT2D eigenvalue weighted by Crippen LogP contribution is -2.23. The highest BCUT2D eigenvalue weighted by Crippen LogP contribution is 2.25. The zero-order valence-electron chi connectivity index (χ0n) is 12.0. The zero-order chi connectivity index (χ0) is 12.8. The maximum Gasteiger partial charge on any atom is 0.0669 e. The molecule has 1 heterocycles. The molecule has 1 N–H and O–H groups in total. The van der Waals surface area contributed by atoms with Crippen LogP contribution in [0.1, 0.15) is 57.8 Å². The third-order valence-corrected chi connectivity index (χ3v) is 3.43. The Hall–Kier alpha value is -0.830. The molecule has 0 aliphatic heterocycles. The van der Waals surface area contributed by atoms with Gasteiger partial charge in [-0.05, 0) is 25.3 Å². The van der Waals surface area contributed by atoms with Crippen molar-refractivity contribution in [1.29, 1.82) is 0 Å². The van der Waals surface area contributed by atoms with E-state index in [2.05, 4.69) is 44.3 Å². The van der Waals surface area contributed by atoms with E-state index >= 15 is 0 Å². The molecule has 0 saturated carbocycles. The summed E-state index contributed by atoms with van der Waals surface area (Å²) in [6.45, 7) is 9.95. The second-order valence-corrected chi connectivity index (χ2v) is 4.92. The van der Waals surface area contributed by atoms with Crippen LogP contribution in [0.3, 0.4) is 0 Å². The number of hydrogen-bond donors (Lipinski definition) is 1. The molecule has 2 atom stereocenters. The van der Waals surface area contributed by atoms with Gasteiger partial charge in [0.15, 0.2) is 0 Å². The van der Waals surface area contributed by atoms with Crippen molar-refractivity contribution in [1.82, 2.24) is 15.1 Å². The van der Waals surface area contributed by atoms with E-state index in [0.717, 1.165) is 18.9 Å². The molecule has 3 nitrogen and oxygen atoms in total. The predicted molar refractivity (Wildman–Crippen MR) is 73.1 cm³/mol. The first-order valence-corrected chi connectivity index (χ1v) is 6.88. The lowest BCUT2D eigenvalue weighted by Gasteiger charge is -2.21. The summed E-state index contributed by atoms with van der Waals surface area (Å²) >= 11 is 0. The maximum absolute atomic E-state index is 4.54. The molecule has 98 valence electrons. The van der Waals surface area contributed by atoms with Gasteiger partial charge in [-0.15, -0.1) is 0 Å².